The molecule has 1 amide bonds. The predicted molar refractivity (Wildman–Crippen MR) is 98.6 cm³/mol. The standard InChI is InChI=1S/C16H22ClIN2O2/c1-16(2,3)22-15(21)20-8-4-5-12(20)10-19-14-7-6-11(17)9-13(14)18/h6-7,9,12,19H,4-5,8,10H2,1-3H3. The quantitative estimate of drug-likeness (QED) is 0.695. The van der Waals surface area contributed by atoms with E-state index in [0.717, 1.165) is 40.2 Å². The van der Waals surface area contributed by atoms with Gasteiger partial charge in [-0.3, -0.25) is 0 Å². The Bertz CT molecular complexity index is 545. The predicted octanol–water partition coefficient (Wildman–Crippen LogP) is 4.76. The molecule has 1 heterocycles. The van der Waals surface area contributed by atoms with E-state index in [0.29, 0.717) is 0 Å². The van der Waals surface area contributed by atoms with Crippen molar-refractivity contribution in [3.8, 4) is 0 Å². The molecule has 4 nitrogen and oxygen atoms in total. The lowest BCUT2D eigenvalue weighted by Gasteiger charge is -2.29. The number of hydrogen-bond acceptors (Lipinski definition) is 3. The van der Waals surface area contributed by atoms with Crippen LogP contribution in [0, 0.1) is 3.57 Å². The third-order valence-corrected chi connectivity index (χ3v) is 4.59. The van der Waals surface area contributed by atoms with Crippen LogP contribution in [0.15, 0.2) is 18.2 Å². The van der Waals surface area contributed by atoms with Crippen molar-refractivity contribution in [1.82, 2.24) is 4.90 Å². The third-order valence-electron chi connectivity index (χ3n) is 3.46. The number of ether oxygens (including phenoxy) is 1. The lowest BCUT2D eigenvalue weighted by molar-refractivity contribution is 0.0235. The molecular formula is C16H22ClIN2O2. The number of carbonyl (C=O) groups excluding carboxylic acids is 1. The second-order valence-electron chi connectivity index (χ2n) is 6.47. The van der Waals surface area contributed by atoms with E-state index in [1.54, 1.807) is 0 Å². The molecule has 0 aliphatic carbocycles. The van der Waals surface area contributed by atoms with Crippen LogP contribution in [0.3, 0.4) is 0 Å². The third kappa shape index (κ3) is 4.91. The minimum atomic E-state index is -0.455. The fourth-order valence-corrected chi connectivity index (χ4v) is 3.53. The summed E-state index contributed by atoms with van der Waals surface area (Å²) in [7, 11) is 0. The van der Waals surface area contributed by atoms with E-state index in [4.69, 9.17) is 16.3 Å². The number of hydrogen-bond donors (Lipinski definition) is 1. The highest BCUT2D eigenvalue weighted by Crippen LogP contribution is 2.25. The summed E-state index contributed by atoms with van der Waals surface area (Å²) in [5, 5.41) is 4.14. The van der Waals surface area contributed by atoms with Gasteiger partial charge in [0.15, 0.2) is 0 Å². The number of anilines is 1. The first-order valence-corrected chi connectivity index (χ1v) is 8.90. The number of rotatable bonds is 3. The molecule has 1 aromatic carbocycles. The molecular weight excluding hydrogens is 415 g/mol. The first kappa shape index (κ1) is 17.7. The maximum Gasteiger partial charge on any atom is 0.410 e. The Morgan fingerprint density at radius 3 is 2.86 bits per heavy atom. The van der Waals surface area contributed by atoms with E-state index >= 15 is 0 Å². The van der Waals surface area contributed by atoms with Crippen LogP contribution in [0.25, 0.3) is 0 Å². The van der Waals surface area contributed by atoms with Gasteiger partial charge in [-0.1, -0.05) is 11.6 Å². The summed E-state index contributed by atoms with van der Waals surface area (Å²) in [4.78, 5) is 14.1. The number of carbonyl (C=O) groups is 1. The Kier molecular flexibility index (Phi) is 5.82. The zero-order valence-electron chi connectivity index (χ0n) is 13.2. The van der Waals surface area contributed by atoms with Gasteiger partial charge in [0.1, 0.15) is 5.60 Å². The molecule has 1 aliphatic heterocycles. The highest BCUT2D eigenvalue weighted by atomic mass is 127. The highest BCUT2D eigenvalue weighted by molar-refractivity contribution is 14.1. The SMILES string of the molecule is CC(C)(C)OC(=O)N1CCCC1CNc1ccc(Cl)cc1I. The van der Waals surface area contributed by atoms with E-state index in [9.17, 15) is 4.79 Å². The molecule has 22 heavy (non-hydrogen) atoms. The number of amides is 1. The van der Waals surface area contributed by atoms with Gasteiger partial charge in [0, 0.05) is 27.4 Å². The van der Waals surface area contributed by atoms with E-state index in [1.807, 2.05) is 43.9 Å². The first-order valence-electron chi connectivity index (χ1n) is 7.45. The summed E-state index contributed by atoms with van der Waals surface area (Å²) in [5.74, 6) is 0. The van der Waals surface area contributed by atoms with Gasteiger partial charge in [0.2, 0.25) is 0 Å². The molecule has 122 valence electrons. The Hall–Kier alpha value is -0.690. The minimum Gasteiger partial charge on any atom is -0.444 e. The smallest absolute Gasteiger partial charge is 0.410 e. The summed E-state index contributed by atoms with van der Waals surface area (Å²) >= 11 is 8.23. The number of nitrogens with one attached hydrogen (secondary N) is 1. The van der Waals surface area contributed by atoms with Gasteiger partial charge in [-0.05, 0) is 74.4 Å². The van der Waals surface area contributed by atoms with Crippen LogP contribution in [0.2, 0.25) is 5.02 Å². The number of likely N-dealkylation sites (tertiary alicyclic amines) is 1. The summed E-state index contributed by atoms with van der Waals surface area (Å²) in [6.07, 6.45) is 1.79. The molecule has 1 atom stereocenters. The van der Waals surface area contributed by atoms with Crippen LogP contribution in [0.4, 0.5) is 10.5 Å². The van der Waals surface area contributed by atoms with Crippen molar-refractivity contribution in [2.24, 2.45) is 0 Å². The van der Waals surface area contributed by atoms with Gasteiger partial charge >= 0.3 is 6.09 Å². The summed E-state index contributed by atoms with van der Waals surface area (Å²) in [5.41, 5.74) is 0.587. The largest absolute Gasteiger partial charge is 0.444 e. The van der Waals surface area contributed by atoms with Crippen molar-refractivity contribution in [3.05, 3.63) is 26.8 Å². The van der Waals surface area contributed by atoms with E-state index in [1.165, 1.54) is 0 Å². The molecule has 1 saturated heterocycles. The van der Waals surface area contributed by atoms with Crippen LogP contribution in [-0.2, 0) is 4.74 Å². The zero-order chi connectivity index (χ0) is 16.3. The van der Waals surface area contributed by atoms with Crippen molar-refractivity contribution in [1.29, 1.82) is 0 Å². The van der Waals surface area contributed by atoms with Gasteiger partial charge in [0.25, 0.3) is 0 Å². The van der Waals surface area contributed by atoms with Gasteiger partial charge in [-0.25, -0.2) is 4.79 Å². The van der Waals surface area contributed by atoms with Crippen molar-refractivity contribution < 1.29 is 9.53 Å². The molecule has 1 unspecified atom stereocenters. The van der Waals surface area contributed by atoms with Crippen molar-refractivity contribution >= 4 is 46.0 Å². The average molecular weight is 437 g/mol. The van der Waals surface area contributed by atoms with Gasteiger partial charge in [-0.15, -0.1) is 0 Å². The maximum absolute atomic E-state index is 12.3. The molecule has 1 N–H and O–H groups in total. The molecule has 0 radical (unpaired) electrons. The van der Waals surface area contributed by atoms with Crippen LogP contribution in [0.5, 0.6) is 0 Å². The highest BCUT2D eigenvalue weighted by Gasteiger charge is 2.31. The van der Waals surface area contributed by atoms with E-state index in [2.05, 4.69) is 27.9 Å². The van der Waals surface area contributed by atoms with Gasteiger partial charge in [-0.2, -0.15) is 0 Å². The van der Waals surface area contributed by atoms with E-state index < -0.39 is 5.60 Å². The second kappa shape index (κ2) is 7.25. The Balaban J connectivity index is 1.95. The lowest BCUT2D eigenvalue weighted by Crippen LogP contribution is -2.42. The fourth-order valence-electron chi connectivity index (χ4n) is 2.47. The van der Waals surface area contributed by atoms with Crippen LogP contribution < -0.4 is 5.32 Å². The van der Waals surface area contributed by atoms with Crippen molar-refractivity contribution in [2.45, 2.75) is 45.3 Å². The Morgan fingerprint density at radius 1 is 1.50 bits per heavy atom. The fraction of sp³-hybridized carbons (Fsp3) is 0.562. The molecule has 0 aromatic heterocycles. The summed E-state index contributed by atoms with van der Waals surface area (Å²) in [6.45, 7) is 7.16. The molecule has 0 saturated carbocycles. The van der Waals surface area contributed by atoms with Crippen molar-refractivity contribution in [2.75, 3.05) is 18.4 Å². The Morgan fingerprint density at radius 2 is 2.23 bits per heavy atom. The Labute approximate surface area is 150 Å². The molecule has 2 rings (SSSR count). The first-order chi connectivity index (χ1) is 10.3. The normalized spacial score (nSPS) is 18.4. The van der Waals surface area contributed by atoms with Crippen molar-refractivity contribution in [3.63, 3.8) is 0 Å². The number of halogens is 2. The average Bonchev–Trinajstić information content (AvgIpc) is 2.84. The van der Waals surface area contributed by atoms with E-state index in [-0.39, 0.29) is 12.1 Å². The summed E-state index contributed by atoms with van der Waals surface area (Å²) < 4.78 is 6.56. The van der Waals surface area contributed by atoms with Gasteiger partial charge < -0.3 is 15.0 Å². The van der Waals surface area contributed by atoms with Gasteiger partial charge in [0.05, 0.1) is 6.04 Å². The minimum absolute atomic E-state index is 0.168. The maximum atomic E-state index is 12.3. The number of nitrogens with zero attached hydrogens (tertiary/aromatic N) is 1. The lowest BCUT2D eigenvalue weighted by atomic mass is 10.2. The molecule has 0 spiro atoms. The summed E-state index contributed by atoms with van der Waals surface area (Å²) in [6, 6.07) is 5.93. The van der Waals surface area contributed by atoms with Crippen LogP contribution in [0.1, 0.15) is 33.6 Å². The number of benzene rings is 1. The topological polar surface area (TPSA) is 41.6 Å². The monoisotopic (exact) mass is 436 g/mol. The molecule has 0 bridgehead atoms. The molecule has 1 aromatic rings. The van der Waals surface area contributed by atoms with Crippen LogP contribution >= 0.6 is 34.2 Å². The zero-order valence-corrected chi connectivity index (χ0v) is 16.1. The second-order valence-corrected chi connectivity index (χ2v) is 8.07. The molecule has 1 aliphatic rings. The molecule has 1 fully saturated rings. The van der Waals surface area contributed by atoms with Crippen LogP contribution in [-0.4, -0.2) is 35.7 Å². The molecule has 6 heteroatoms.